The number of methoxy groups -OCH3 is 1. The molecule has 5 heteroatoms. The number of nitrogens with one attached hydrogen (secondary N) is 1. The zero-order valence-corrected chi connectivity index (χ0v) is 16.3. The number of ether oxygens (including phenoxy) is 1. The van der Waals surface area contributed by atoms with Gasteiger partial charge in [0.2, 0.25) is 0 Å². The highest BCUT2D eigenvalue weighted by Crippen LogP contribution is 2.17. The summed E-state index contributed by atoms with van der Waals surface area (Å²) in [7, 11) is 5.93. The molecule has 0 bridgehead atoms. The summed E-state index contributed by atoms with van der Waals surface area (Å²) in [5, 5.41) is 3.44. The van der Waals surface area contributed by atoms with Crippen LogP contribution in [0.3, 0.4) is 0 Å². The molecule has 1 aromatic carbocycles. The zero-order chi connectivity index (χ0) is 18.1. The molecule has 0 amide bonds. The van der Waals surface area contributed by atoms with E-state index in [1.165, 1.54) is 17.7 Å². The fourth-order valence-corrected chi connectivity index (χ4v) is 3.25. The second-order valence-electron chi connectivity index (χ2n) is 6.96. The maximum Gasteiger partial charge on any atom is 0.193 e. The normalized spacial score (nSPS) is 17.8. The minimum absolute atomic E-state index is 0.629. The predicted octanol–water partition coefficient (Wildman–Crippen LogP) is 2.62. The van der Waals surface area contributed by atoms with Gasteiger partial charge in [-0.15, -0.1) is 0 Å². The Morgan fingerprint density at radius 2 is 2.08 bits per heavy atom. The zero-order valence-electron chi connectivity index (χ0n) is 16.3. The van der Waals surface area contributed by atoms with Crippen molar-refractivity contribution in [2.45, 2.75) is 26.2 Å². The van der Waals surface area contributed by atoms with Crippen LogP contribution in [-0.4, -0.2) is 64.9 Å². The third-order valence-corrected chi connectivity index (χ3v) is 4.66. The number of aliphatic imine (C=N–C) groups is 1. The molecule has 140 valence electrons. The van der Waals surface area contributed by atoms with Crippen LogP contribution in [0.4, 0.5) is 5.69 Å². The van der Waals surface area contributed by atoms with Crippen LogP contribution in [-0.2, 0) is 11.2 Å². The Bertz CT molecular complexity index is 527. The lowest BCUT2D eigenvalue weighted by Crippen LogP contribution is -2.40. The van der Waals surface area contributed by atoms with Gasteiger partial charge in [-0.1, -0.05) is 12.1 Å². The van der Waals surface area contributed by atoms with Gasteiger partial charge in [0.15, 0.2) is 5.96 Å². The second-order valence-corrected chi connectivity index (χ2v) is 6.96. The molecule has 0 saturated carbocycles. The van der Waals surface area contributed by atoms with Crippen molar-refractivity contribution in [1.82, 2.24) is 10.2 Å². The molecule has 0 aromatic heterocycles. The van der Waals surface area contributed by atoms with E-state index in [0.29, 0.717) is 5.92 Å². The van der Waals surface area contributed by atoms with Crippen LogP contribution in [0, 0.1) is 5.92 Å². The van der Waals surface area contributed by atoms with E-state index in [0.717, 1.165) is 51.6 Å². The van der Waals surface area contributed by atoms with Crippen molar-refractivity contribution in [3.8, 4) is 0 Å². The van der Waals surface area contributed by atoms with Gasteiger partial charge in [-0.25, -0.2) is 0 Å². The molecule has 1 unspecified atom stereocenters. The van der Waals surface area contributed by atoms with Crippen LogP contribution < -0.4 is 10.2 Å². The summed E-state index contributed by atoms with van der Waals surface area (Å²) in [5.74, 6) is 1.69. The van der Waals surface area contributed by atoms with E-state index >= 15 is 0 Å². The Morgan fingerprint density at radius 3 is 2.72 bits per heavy atom. The van der Waals surface area contributed by atoms with Crippen LogP contribution in [0.2, 0.25) is 0 Å². The SMILES string of the molecule is CCNC(=NCCCc1ccc(N(C)C)cc1)N1CCC(COC)C1. The van der Waals surface area contributed by atoms with Crippen molar-refractivity contribution in [2.24, 2.45) is 10.9 Å². The van der Waals surface area contributed by atoms with E-state index in [-0.39, 0.29) is 0 Å². The molecular formula is C20H34N4O. The maximum atomic E-state index is 5.29. The summed E-state index contributed by atoms with van der Waals surface area (Å²) in [6, 6.07) is 8.81. The molecule has 1 atom stereocenters. The molecule has 1 fully saturated rings. The van der Waals surface area contributed by atoms with Gasteiger partial charge in [-0.3, -0.25) is 4.99 Å². The van der Waals surface area contributed by atoms with Crippen molar-refractivity contribution < 1.29 is 4.74 Å². The Kier molecular flexibility index (Phi) is 8.06. The summed E-state index contributed by atoms with van der Waals surface area (Å²) < 4.78 is 5.29. The second kappa shape index (κ2) is 10.3. The smallest absolute Gasteiger partial charge is 0.193 e. The Hall–Kier alpha value is -1.75. The Labute approximate surface area is 153 Å². The molecule has 1 aliphatic heterocycles. The van der Waals surface area contributed by atoms with Gasteiger partial charge in [0, 0.05) is 59.0 Å². The first-order valence-corrected chi connectivity index (χ1v) is 9.42. The van der Waals surface area contributed by atoms with Crippen molar-refractivity contribution in [3.63, 3.8) is 0 Å². The molecule has 25 heavy (non-hydrogen) atoms. The van der Waals surface area contributed by atoms with Crippen LogP contribution in [0.5, 0.6) is 0 Å². The number of rotatable bonds is 8. The van der Waals surface area contributed by atoms with Gasteiger partial charge in [0.1, 0.15) is 0 Å². The minimum Gasteiger partial charge on any atom is -0.384 e. The first-order chi connectivity index (χ1) is 12.1. The van der Waals surface area contributed by atoms with E-state index < -0.39 is 0 Å². The quantitative estimate of drug-likeness (QED) is 0.446. The minimum atomic E-state index is 0.629. The largest absolute Gasteiger partial charge is 0.384 e. The van der Waals surface area contributed by atoms with Crippen LogP contribution in [0.1, 0.15) is 25.3 Å². The van der Waals surface area contributed by atoms with Gasteiger partial charge in [0.25, 0.3) is 0 Å². The predicted molar refractivity (Wildman–Crippen MR) is 107 cm³/mol. The summed E-state index contributed by atoms with van der Waals surface area (Å²) >= 11 is 0. The lowest BCUT2D eigenvalue weighted by Gasteiger charge is -2.21. The summed E-state index contributed by atoms with van der Waals surface area (Å²) in [4.78, 5) is 9.34. The van der Waals surface area contributed by atoms with Gasteiger partial charge < -0.3 is 19.9 Å². The molecular weight excluding hydrogens is 312 g/mol. The molecule has 0 spiro atoms. The van der Waals surface area contributed by atoms with E-state index in [2.05, 4.69) is 60.4 Å². The standard InChI is InChI=1S/C20H34N4O/c1-5-21-20(24-14-12-18(15-24)16-25-4)22-13-6-7-17-8-10-19(11-9-17)23(2)3/h8-11,18H,5-7,12-16H2,1-4H3,(H,21,22). The maximum absolute atomic E-state index is 5.29. The molecule has 1 saturated heterocycles. The number of guanidine groups is 1. The van der Waals surface area contributed by atoms with Crippen molar-refractivity contribution in [3.05, 3.63) is 29.8 Å². The fourth-order valence-electron chi connectivity index (χ4n) is 3.25. The van der Waals surface area contributed by atoms with Gasteiger partial charge in [-0.05, 0) is 43.9 Å². The van der Waals surface area contributed by atoms with Crippen molar-refractivity contribution >= 4 is 11.6 Å². The number of anilines is 1. The molecule has 2 rings (SSSR count). The molecule has 5 nitrogen and oxygen atoms in total. The fraction of sp³-hybridized carbons (Fsp3) is 0.650. The molecule has 1 N–H and O–H groups in total. The van der Waals surface area contributed by atoms with Crippen LogP contribution >= 0.6 is 0 Å². The number of hydrogen-bond acceptors (Lipinski definition) is 3. The monoisotopic (exact) mass is 346 g/mol. The van der Waals surface area contributed by atoms with Crippen LogP contribution in [0.15, 0.2) is 29.3 Å². The van der Waals surface area contributed by atoms with E-state index in [1.807, 2.05) is 0 Å². The highest BCUT2D eigenvalue weighted by molar-refractivity contribution is 5.80. The summed E-state index contributed by atoms with van der Waals surface area (Å²) in [6.07, 6.45) is 3.34. The number of aryl methyl sites for hydroxylation is 1. The molecule has 1 heterocycles. The van der Waals surface area contributed by atoms with E-state index in [4.69, 9.17) is 9.73 Å². The summed E-state index contributed by atoms with van der Waals surface area (Å²) in [5.41, 5.74) is 2.63. The Balaban J connectivity index is 1.81. The van der Waals surface area contributed by atoms with Crippen molar-refractivity contribution in [2.75, 3.05) is 58.9 Å². The van der Waals surface area contributed by atoms with Gasteiger partial charge in [0.05, 0.1) is 6.61 Å². The summed E-state index contributed by atoms with van der Waals surface area (Å²) in [6.45, 7) is 6.88. The van der Waals surface area contributed by atoms with Crippen LogP contribution in [0.25, 0.3) is 0 Å². The van der Waals surface area contributed by atoms with Gasteiger partial charge >= 0.3 is 0 Å². The highest BCUT2D eigenvalue weighted by atomic mass is 16.5. The first kappa shape index (κ1) is 19.6. The highest BCUT2D eigenvalue weighted by Gasteiger charge is 2.24. The molecule has 0 radical (unpaired) electrons. The number of likely N-dealkylation sites (tertiary alicyclic amines) is 1. The van der Waals surface area contributed by atoms with Crippen molar-refractivity contribution in [1.29, 1.82) is 0 Å². The topological polar surface area (TPSA) is 40.1 Å². The third kappa shape index (κ3) is 6.24. The third-order valence-electron chi connectivity index (χ3n) is 4.66. The lowest BCUT2D eigenvalue weighted by atomic mass is 10.1. The average molecular weight is 347 g/mol. The number of nitrogens with zero attached hydrogens (tertiary/aromatic N) is 3. The molecule has 0 aliphatic carbocycles. The average Bonchev–Trinajstić information content (AvgIpc) is 3.07. The number of hydrogen-bond donors (Lipinski definition) is 1. The lowest BCUT2D eigenvalue weighted by molar-refractivity contribution is 0.157. The van der Waals surface area contributed by atoms with E-state index in [9.17, 15) is 0 Å². The van der Waals surface area contributed by atoms with E-state index in [1.54, 1.807) is 7.11 Å². The molecule has 1 aliphatic rings. The number of benzene rings is 1. The first-order valence-electron chi connectivity index (χ1n) is 9.42. The molecule has 1 aromatic rings. The Morgan fingerprint density at radius 1 is 1.32 bits per heavy atom. The van der Waals surface area contributed by atoms with Gasteiger partial charge in [-0.2, -0.15) is 0 Å².